The lowest BCUT2D eigenvalue weighted by atomic mass is 10.1. The van der Waals surface area contributed by atoms with E-state index in [0.717, 1.165) is 16.6 Å². The maximum atomic E-state index is 12.4. The Morgan fingerprint density at radius 1 is 1.08 bits per heavy atom. The molecule has 0 aliphatic heterocycles. The van der Waals surface area contributed by atoms with Crippen molar-refractivity contribution < 1.29 is 19.0 Å². The summed E-state index contributed by atoms with van der Waals surface area (Å²) < 4.78 is 15.9. The molecule has 0 atom stereocenters. The molecule has 1 amide bonds. The van der Waals surface area contributed by atoms with Crippen molar-refractivity contribution >= 4 is 22.6 Å². The van der Waals surface area contributed by atoms with Crippen molar-refractivity contribution in [1.82, 2.24) is 9.97 Å². The number of hydrogen-bond acceptors (Lipinski definition) is 5. The van der Waals surface area contributed by atoms with Crippen molar-refractivity contribution in [3.05, 3.63) is 42.2 Å². The maximum absolute atomic E-state index is 12.4. The second-order valence-corrected chi connectivity index (χ2v) is 5.39. The molecule has 2 N–H and O–H groups in total. The number of fused-ring (bicyclic) bond motifs is 1. The number of anilines is 1. The van der Waals surface area contributed by atoms with Gasteiger partial charge < -0.3 is 24.5 Å². The molecule has 0 unspecified atom stereocenters. The monoisotopic (exact) mass is 341 g/mol. The van der Waals surface area contributed by atoms with Crippen LogP contribution in [0.2, 0.25) is 0 Å². The quantitative estimate of drug-likeness (QED) is 0.720. The molecule has 0 spiro atoms. The van der Waals surface area contributed by atoms with E-state index in [1.807, 2.05) is 18.2 Å². The Kier molecular flexibility index (Phi) is 4.74. The number of ether oxygens (including phenoxy) is 3. The predicted octanol–water partition coefficient (Wildman–Crippen LogP) is 2.77. The van der Waals surface area contributed by atoms with Crippen molar-refractivity contribution in [2.24, 2.45) is 0 Å². The van der Waals surface area contributed by atoms with Crippen LogP contribution in [0, 0.1) is 0 Å². The van der Waals surface area contributed by atoms with Crippen LogP contribution in [-0.2, 0) is 11.2 Å². The molecule has 130 valence electrons. The molecular weight excluding hydrogens is 322 g/mol. The Balaban J connectivity index is 1.77. The van der Waals surface area contributed by atoms with Gasteiger partial charge in [0.25, 0.3) is 0 Å². The third-order valence-corrected chi connectivity index (χ3v) is 3.80. The molecule has 1 aromatic heterocycles. The van der Waals surface area contributed by atoms with Gasteiger partial charge in [0.1, 0.15) is 0 Å². The number of amides is 1. The summed E-state index contributed by atoms with van der Waals surface area (Å²) in [4.78, 5) is 19.6. The summed E-state index contributed by atoms with van der Waals surface area (Å²) in [6, 6.07) is 9.07. The number of aromatic amines is 1. The minimum atomic E-state index is -0.145. The van der Waals surface area contributed by atoms with E-state index in [9.17, 15) is 4.79 Å². The Morgan fingerprint density at radius 2 is 1.80 bits per heavy atom. The highest BCUT2D eigenvalue weighted by molar-refractivity contribution is 5.93. The van der Waals surface area contributed by atoms with Gasteiger partial charge in [-0.25, -0.2) is 4.98 Å². The number of carbonyl (C=O) groups is 1. The molecule has 2 aromatic carbocycles. The lowest BCUT2D eigenvalue weighted by Gasteiger charge is -2.14. The first-order valence-corrected chi connectivity index (χ1v) is 7.66. The van der Waals surface area contributed by atoms with Gasteiger partial charge in [-0.1, -0.05) is 6.07 Å². The number of nitrogens with zero attached hydrogens (tertiary/aromatic N) is 1. The zero-order valence-corrected chi connectivity index (χ0v) is 14.3. The van der Waals surface area contributed by atoms with Gasteiger partial charge >= 0.3 is 0 Å². The van der Waals surface area contributed by atoms with Crippen LogP contribution in [0.1, 0.15) is 5.56 Å². The summed E-state index contributed by atoms with van der Waals surface area (Å²) in [6.45, 7) is 0. The molecule has 7 heteroatoms. The van der Waals surface area contributed by atoms with Crippen LogP contribution < -0.4 is 19.5 Å². The van der Waals surface area contributed by atoms with E-state index < -0.39 is 0 Å². The number of methoxy groups -OCH3 is 3. The number of carbonyl (C=O) groups excluding carboxylic acids is 1. The zero-order valence-electron chi connectivity index (χ0n) is 14.3. The summed E-state index contributed by atoms with van der Waals surface area (Å²) >= 11 is 0. The number of imidazole rings is 1. The Labute approximate surface area is 144 Å². The third-order valence-electron chi connectivity index (χ3n) is 3.80. The van der Waals surface area contributed by atoms with E-state index in [1.54, 1.807) is 18.5 Å². The van der Waals surface area contributed by atoms with Gasteiger partial charge in [-0.15, -0.1) is 0 Å². The SMILES string of the molecule is COc1cc(NC(=O)Cc2ccc3nc[nH]c3c2)cc(OC)c1OC. The smallest absolute Gasteiger partial charge is 0.228 e. The van der Waals surface area contributed by atoms with Gasteiger partial charge in [0, 0.05) is 17.8 Å². The fourth-order valence-electron chi connectivity index (χ4n) is 2.64. The fourth-order valence-corrected chi connectivity index (χ4v) is 2.64. The number of aromatic nitrogens is 2. The minimum absolute atomic E-state index is 0.145. The van der Waals surface area contributed by atoms with Crippen LogP contribution in [0.15, 0.2) is 36.7 Å². The van der Waals surface area contributed by atoms with E-state index in [4.69, 9.17) is 14.2 Å². The van der Waals surface area contributed by atoms with Crippen LogP contribution in [-0.4, -0.2) is 37.2 Å². The second kappa shape index (κ2) is 7.12. The van der Waals surface area contributed by atoms with Crippen molar-refractivity contribution in [3.63, 3.8) is 0 Å². The summed E-state index contributed by atoms with van der Waals surface area (Å²) in [5, 5.41) is 2.85. The van der Waals surface area contributed by atoms with Crippen LogP contribution >= 0.6 is 0 Å². The standard InChI is InChI=1S/C18H19N3O4/c1-23-15-8-12(9-16(24-2)18(15)25-3)21-17(22)7-11-4-5-13-14(6-11)20-10-19-13/h4-6,8-10H,7H2,1-3H3,(H,19,20)(H,21,22). The lowest BCUT2D eigenvalue weighted by molar-refractivity contribution is -0.115. The fraction of sp³-hybridized carbons (Fsp3) is 0.222. The van der Waals surface area contributed by atoms with Gasteiger partial charge in [0.15, 0.2) is 11.5 Å². The van der Waals surface area contributed by atoms with Crippen molar-refractivity contribution in [2.45, 2.75) is 6.42 Å². The molecular formula is C18H19N3O4. The molecule has 0 bridgehead atoms. The molecule has 0 fully saturated rings. The molecule has 0 saturated carbocycles. The molecule has 0 radical (unpaired) electrons. The highest BCUT2D eigenvalue weighted by Gasteiger charge is 2.14. The predicted molar refractivity (Wildman–Crippen MR) is 94.5 cm³/mol. The normalized spacial score (nSPS) is 10.5. The Bertz CT molecular complexity index is 879. The highest BCUT2D eigenvalue weighted by Crippen LogP contribution is 2.39. The summed E-state index contributed by atoms with van der Waals surface area (Å²) in [5.41, 5.74) is 3.23. The van der Waals surface area contributed by atoms with E-state index in [1.165, 1.54) is 21.3 Å². The van der Waals surface area contributed by atoms with Crippen LogP contribution in [0.4, 0.5) is 5.69 Å². The molecule has 3 aromatic rings. The summed E-state index contributed by atoms with van der Waals surface area (Å²) in [6.07, 6.45) is 1.87. The highest BCUT2D eigenvalue weighted by atomic mass is 16.5. The summed E-state index contributed by atoms with van der Waals surface area (Å²) in [7, 11) is 4.59. The van der Waals surface area contributed by atoms with E-state index >= 15 is 0 Å². The molecule has 0 aliphatic carbocycles. The summed E-state index contributed by atoms with van der Waals surface area (Å²) in [5.74, 6) is 1.30. The number of H-pyrrole nitrogens is 1. The molecule has 3 rings (SSSR count). The number of hydrogen-bond donors (Lipinski definition) is 2. The van der Waals surface area contributed by atoms with E-state index in [0.29, 0.717) is 22.9 Å². The van der Waals surface area contributed by atoms with Gasteiger partial charge in [0.05, 0.1) is 45.1 Å². The first-order chi connectivity index (χ1) is 12.1. The number of benzene rings is 2. The Morgan fingerprint density at radius 3 is 2.44 bits per heavy atom. The molecule has 7 nitrogen and oxygen atoms in total. The minimum Gasteiger partial charge on any atom is -0.493 e. The second-order valence-electron chi connectivity index (χ2n) is 5.39. The zero-order chi connectivity index (χ0) is 17.8. The maximum Gasteiger partial charge on any atom is 0.228 e. The van der Waals surface area contributed by atoms with E-state index in [-0.39, 0.29) is 12.3 Å². The number of rotatable bonds is 6. The van der Waals surface area contributed by atoms with Crippen molar-refractivity contribution in [1.29, 1.82) is 0 Å². The van der Waals surface area contributed by atoms with Gasteiger partial charge in [0.2, 0.25) is 11.7 Å². The van der Waals surface area contributed by atoms with Crippen molar-refractivity contribution in [3.8, 4) is 17.2 Å². The first kappa shape index (κ1) is 16.6. The molecule has 0 saturated heterocycles. The van der Waals surface area contributed by atoms with Gasteiger partial charge in [-0.05, 0) is 17.7 Å². The average Bonchev–Trinajstić information content (AvgIpc) is 3.08. The average molecular weight is 341 g/mol. The number of nitrogens with one attached hydrogen (secondary N) is 2. The van der Waals surface area contributed by atoms with Crippen LogP contribution in [0.3, 0.4) is 0 Å². The lowest BCUT2D eigenvalue weighted by Crippen LogP contribution is -2.14. The van der Waals surface area contributed by atoms with Crippen molar-refractivity contribution in [2.75, 3.05) is 26.6 Å². The molecule has 1 heterocycles. The largest absolute Gasteiger partial charge is 0.493 e. The van der Waals surface area contributed by atoms with Gasteiger partial charge in [-0.3, -0.25) is 4.79 Å². The molecule has 0 aliphatic rings. The molecule has 25 heavy (non-hydrogen) atoms. The van der Waals surface area contributed by atoms with E-state index in [2.05, 4.69) is 15.3 Å². The van der Waals surface area contributed by atoms with Gasteiger partial charge in [-0.2, -0.15) is 0 Å². The third kappa shape index (κ3) is 3.50. The topological polar surface area (TPSA) is 85.5 Å². The first-order valence-electron chi connectivity index (χ1n) is 7.66. The van der Waals surface area contributed by atoms with Crippen LogP contribution in [0.5, 0.6) is 17.2 Å². The Hall–Kier alpha value is -3.22. The van der Waals surface area contributed by atoms with Crippen LogP contribution in [0.25, 0.3) is 11.0 Å².